The van der Waals surface area contributed by atoms with E-state index < -0.39 is 0 Å². The van der Waals surface area contributed by atoms with Crippen molar-refractivity contribution in [2.75, 3.05) is 14.2 Å². The molecule has 0 bridgehead atoms. The van der Waals surface area contributed by atoms with E-state index in [-0.39, 0.29) is 5.91 Å². The number of benzene rings is 1. The molecule has 0 unspecified atom stereocenters. The van der Waals surface area contributed by atoms with Crippen LogP contribution in [0.5, 0.6) is 11.5 Å². The maximum Gasteiger partial charge on any atom is 0.271 e. The molecule has 1 aromatic rings. The zero-order chi connectivity index (χ0) is 13.5. The molecule has 0 aromatic heterocycles. The molecule has 1 aromatic carbocycles. The van der Waals surface area contributed by atoms with Gasteiger partial charge in [0.25, 0.3) is 5.91 Å². The molecule has 0 fully saturated rings. The van der Waals surface area contributed by atoms with Gasteiger partial charge in [0.15, 0.2) is 11.5 Å². The van der Waals surface area contributed by atoms with Crippen LogP contribution in [-0.4, -0.2) is 25.8 Å². The molecule has 5 heteroatoms. The fourth-order valence-electron chi connectivity index (χ4n) is 1.27. The summed E-state index contributed by atoms with van der Waals surface area (Å²) < 4.78 is 10.2. The molecule has 0 heterocycles. The van der Waals surface area contributed by atoms with Gasteiger partial charge >= 0.3 is 0 Å². The van der Waals surface area contributed by atoms with Crippen LogP contribution in [0.15, 0.2) is 23.3 Å². The van der Waals surface area contributed by atoms with Crippen LogP contribution in [0, 0.1) is 0 Å². The van der Waals surface area contributed by atoms with Gasteiger partial charge in [-0.05, 0) is 31.5 Å². The monoisotopic (exact) mass is 250 g/mol. The lowest BCUT2D eigenvalue weighted by Gasteiger charge is -2.08. The van der Waals surface area contributed by atoms with Crippen molar-refractivity contribution < 1.29 is 14.3 Å². The minimum atomic E-state index is -0.274. The van der Waals surface area contributed by atoms with Gasteiger partial charge < -0.3 is 9.47 Å². The van der Waals surface area contributed by atoms with Gasteiger partial charge in [-0.1, -0.05) is 6.92 Å². The smallest absolute Gasteiger partial charge is 0.271 e. The number of rotatable bonds is 5. The van der Waals surface area contributed by atoms with E-state index in [0.29, 0.717) is 17.1 Å². The van der Waals surface area contributed by atoms with Gasteiger partial charge in [-0.2, -0.15) is 5.10 Å². The van der Waals surface area contributed by atoms with Crippen LogP contribution in [0.2, 0.25) is 0 Å². The third-order valence-corrected chi connectivity index (χ3v) is 2.51. The van der Waals surface area contributed by atoms with Gasteiger partial charge in [0, 0.05) is 11.3 Å². The quantitative estimate of drug-likeness (QED) is 0.644. The van der Waals surface area contributed by atoms with E-state index >= 15 is 0 Å². The fourth-order valence-corrected chi connectivity index (χ4v) is 1.27. The standard InChI is InChI=1S/C13H18N2O3/c1-5-9(2)14-15-13(16)10-6-7-11(17-3)12(8-10)18-4/h6-8H,5H2,1-4H3,(H,15,16). The highest BCUT2D eigenvalue weighted by Gasteiger charge is 2.09. The average molecular weight is 250 g/mol. The summed E-state index contributed by atoms with van der Waals surface area (Å²) in [5, 5.41) is 3.96. The number of ether oxygens (including phenoxy) is 2. The summed E-state index contributed by atoms with van der Waals surface area (Å²) in [6.07, 6.45) is 0.798. The molecule has 5 nitrogen and oxygen atoms in total. The fraction of sp³-hybridized carbons (Fsp3) is 0.385. The van der Waals surface area contributed by atoms with Crippen LogP contribution in [0.1, 0.15) is 30.6 Å². The van der Waals surface area contributed by atoms with Crippen molar-refractivity contribution in [1.82, 2.24) is 5.43 Å². The van der Waals surface area contributed by atoms with Gasteiger partial charge in [0.1, 0.15) is 0 Å². The Morgan fingerprint density at radius 3 is 2.50 bits per heavy atom. The van der Waals surface area contributed by atoms with Gasteiger partial charge in [-0.25, -0.2) is 5.43 Å². The van der Waals surface area contributed by atoms with E-state index in [4.69, 9.17) is 9.47 Å². The Bertz CT molecular complexity index is 456. The maximum absolute atomic E-state index is 11.8. The summed E-state index contributed by atoms with van der Waals surface area (Å²) >= 11 is 0. The molecule has 0 radical (unpaired) electrons. The average Bonchev–Trinajstić information content (AvgIpc) is 2.43. The van der Waals surface area contributed by atoms with Crippen LogP contribution >= 0.6 is 0 Å². The molecule has 1 amide bonds. The molecule has 0 aliphatic heterocycles. The van der Waals surface area contributed by atoms with E-state index in [2.05, 4.69) is 10.5 Å². The molecule has 18 heavy (non-hydrogen) atoms. The topological polar surface area (TPSA) is 59.9 Å². The van der Waals surface area contributed by atoms with Crippen molar-refractivity contribution in [2.24, 2.45) is 5.10 Å². The zero-order valence-corrected chi connectivity index (χ0v) is 11.1. The first-order valence-electron chi connectivity index (χ1n) is 5.67. The van der Waals surface area contributed by atoms with E-state index in [1.807, 2.05) is 13.8 Å². The van der Waals surface area contributed by atoms with Crippen molar-refractivity contribution in [1.29, 1.82) is 0 Å². The second-order valence-corrected chi connectivity index (χ2v) is 3.71. The minimum Gasteiger partial charge on any atom is -0.493 e. The van der Waals surface area contributed by atoms with Crippen molar-refractivity contribution in [3.8, 4) is 11.5 Å². The summed E-state index contributed by atoms with van der Waals surface area (Å²) in [7, 11) is 3.07. The Morgan fingerprint density at radius 2 is 1.94 bits per heavy atom. The Balaban J connectivity index is 2.87. The normalized spacial score (nSPS) is 11.0. The molecule has 98 valence electrons. The van der Waals surface area contributed by atoms with Crippen LogP contribution < -0.4 is 14.9 Å². The van der Waals surface area contributed by atoms with Gasteiger partial charge in [-0.3, -0.25) is 4.79 Å². The van der Waals surface area contributed by atoms with E-state index in [1.54, 1.807) is 25.3 Å². The Hall–Kier alpha value is -2.04. The lowest BCUT2D eigenvalue weighted by Crippen LogP contribution is -2.19. The maximum atomic E-state index is 11.8. The Morgan fingerprint density at radius 1 is 1.28 bits per heavy atom. The van der Waals surface area contributed by atoms with Crippen LogP contribution in [0.3, 0.4) is 0 Å². The molecular formula is C13H18N2O3. The first-order valence-corrected chi connectivity index (χ1v) is 5.67. The molecule has 1 N–H and O–H groups in total. The highest BCUT2D eigenvalue weighted by molar-refractivity contribution is 5.95. The Labute approximate surface area is 107 Å². The molecule has 0 saturated heterocycles. The largest absolute Gasteiger partial charge is 0.493 e. The zero-order valence-electron chi connectivity index (χ0n) is 11.1. The molecule has 1 rings (SSSR count). The highest BCUT2D eigenvalue weighted by atomic mass is 16.5. The Kier molecular flexibility index (Phi) is 5.17. The molecule has 0 saturated carbocycles. The summed E-state index contributed by atoms with van der Waals surface area (Å²) in [5.41, 5.74) is 3.83. The summed E-state index contributed by atoms with van der Waals surface area (Å²) in [4.78, 5) is 11.8. The number of amides is 1. The lowest BCUT2D eigenvalue weighted by molar-refractivity contribution is 0.0954. The van der Waals surface area contributed by atoms with Gasteiger partial charge in [0.2, 0.25) is 0 Å². The summed E-state index contributed by atoms with van der Waals surface area (Å²) in [5.74, 6) is 0.826. The van der Waals surface area contributed by atoms with E-state index in [1.165, 1.54) is 7.11 Å². The minimum absolute atomic E-state index is 0.274. The van der Waals surface area contributed by atoms with E-state index in [9.17, 15) is 4.79 Å². The molecule has 0 aliphatic rings. The number of carbonyl (C=O) groups is 1. The second-order valence-electron chi connectivity index (χ2n) is 3.71. The molecule has 0 spiro atoms. The lowest BCUT2D eigenvalue weighted by atomic mass is 10.2. The SMILES string of the molecule is CCC(C)=NNC(=O)c1ccc(OC)c(OC)c1. The molecule has 0 aliphatic carbocycles. The van der Waals surface area contributed by atoms with Crippen LogP contribution in [0.25, 0.3) is 0 Å². The van der Waals surface area contributed by atoms with E-state index in [0.717, 1.165) is 12.1 Å². The number of nitrogens with one attached hydrogen (secondary N) is 1. The number of hydrazone groups is 1. The second kappa shape index (κ2) is 6.64. The van der Waals surface area contributed by atoms with Crippen LogP contribution in [0.4, 0.5) is 0 Å². The summed E-state index contributed by atoms with van der Waals surface area (Å²) in [6, 6.07) is 4.96. The predicted molar refractivity (Wildman–Crippen MR) is 70.4 cm³/mol. The number of hydrogen-bond donors (Lipinski definition) is 1. The van der Waals surface area contributed by atoms with Crippen molar-refractivity contribution in [2.45, 2.75) is 20.3 Å². The first-order chi connectivity index (χ1) is 8.62. The van der Waals surface area contributed by atoms with Crippen molar-refractivity contribution >= 4 is 11.6 Å². The first kappa shape index (κ1) is 14.0. The third-order valence-electron chi connectivity index (χ3n) is 2.51. The summed E-state index contributed by atoms with van der Waals surface area (Å²) in [6.45, 7) is 3.83. The number of hydrogen-bond acceptors (Lipinski definition) is 4. The van der Waals surface area contributed by atoms with Crippen molar-refractivity contribution in [3.05, 3.63) is 23.8 Å². The molecular weight excluding hydrogens is 232 g/mol. The highest BCUT2D eigenvalue weighted by Crippen LogP contribution is 2.27. The number of carbonyl (C=O) groups excluding carboxylic acids is 1. The number of nitrogens with zero attached hydrogens (tertiary/aromatic N) is 1. The van der Waals surface area contributed by atoms with Gasteiger partial charge in [-0.15, -0.1) is 0 Å². The van der Waals surface area contributed by atoms with Crippen LogP contribution in [-0.2, 0) is 0 Å². The molecule has 0 atom stereocenters. The van der Waals surface area contributed by atoms with Crippen molar-refractivity contribution in [3.63, 3.8) is 0 Å². The predicted octanol–water partition coefficient (Wildman–Crippen LogP) is 2.22. The number of methoxy groups -OCH3 is 2. The third kappa shape index (κ3) is 3.48. The van der Waals surface area contributed by atoms with Gasteiger partial charge in [0.05, 0.1) is 14.2 Å².